The molecule has 0 fully saturated rings. The maximum absolute atomic E-state index is 13.2. The van der Waals surface area contributed by atoms with Crippen LogP contribution in [-0.4, -0.2) is 28.2 Å². The maximum Gasteiger partial charge on any atom is 0.199 e. The molecule has 4 nitrogen and oxygen atoms in total. The van der Waals surface area contributed by atoms with E-state index in [0.717, 1.165) is 38.8 Å². The Morgan fingerprint density at radius 3 is 2.19 bits per heavy atom. The second kappa shape index (κ2) is 11.9. The van der Waals surface area contributed by atoms with Crippen molar-refractivity contribution in [2.45, 2.75) is 58.0 Å². The number of rotatable bonds is 12. The fourth-order valence-electron chi connectivity index (χ4n) is 5.15. The summed E-state index contributed by atoms with van der Waals surface area (Å²) in [6, 6.07) is 28.5. The first-order valence-corrected chi connectivity index (χ1v) is 13.1. The van der Waals surface area contributed by atoms with Gasteiger partial charge in [-0.1, -0.05) is 79.7 Å². The second-order valence-electron chi connectivity index (χ2n) is 9.81. The summed E-state index contributed by atoms with van der Waals surface area (Å²) in [7, 11) is 0. The lowest BCUT2D eigenvalue weighted by molar-refractivity contribution is -0.592. The van der Waals surface area contributed by atoms with E-state index >= 15 is 0 Å². The van der Waals surface area contributed by atoms with Crippen LogP contribution in [0.25, 0.3) is 0 Å². The fraction of sp³-hybridized carbons (Fsp3) is 0.312. The first kappa shape index (κ1) is 25.4. The molecule has 0 radical (unpaired) electrons. The molecule has 4 heteroatoms. The second-order valence-corrected chi connectivity index (χ2v) is 9.81. The molecule has 1 unspecified atom stereocenters. The molecule has 0 saturated carbocycles. The molecule has 36 heavy (non-hydrogen) atoms. The van der Waals surface area contributed by atoms with Crippen molar-refractivity contribution in [3.63, 3.8) is 0 Å². The number of nitrogen functional groups attached to an aromatic ring is 1. The maximum atomic E-state index is 13.2. The monoisotopic (exact) mass is 480 g/mol. The van der Waals surface area contributed by atoms with Crippen LogP contribution in [0.1, 0.15) is 61.0 Å². The Morgan fingerprint density at radius 1 is 0.889 bits per heavy atom. The summed E-state index contributed by atoms with van der Waals surface area (Å²) in [5, 5.41) is 3.74. The predicted octanol–water partition coefficient (Wildman–Crippen LogP) is 6.17. The third-order valence-electron chi connectivity index (χ3n) is 7.23. The minimum absolute atomic E-state index is 0.101. The molecule has 0 saturated heterocycles. The average molecular weight is 481 g/mol. The molecular formula is C32H38N3O+. The Bertz CT molecular complexity index is 1230. The number of para-hydroxylation sites is 1. The highest BCUT2D eigenvalue weighted by Gasteiger charge is 2.46. The van der Waals surface area contributed by atoms with Crippen molar-refractivity contribution < 1.29 is 9.37 Å². The number of anilines is 1. The van der Waals surface area contributed by atoms with Crippen molar-refractivity contribution in [2.75, 3.05) is 12.3 Å². The number of ketones is 1. The quantitative estimate of drug-likeness (QED) is 0.185. The molecule has 0 amide bonds. The van der Waals surface area contributed by atoms with Gasteiger partial charge in [-0.05, 0) is 29.7 Å². The first-order valence-electron chi connectivity index (χ1n) is 13.1. The number of benzene rings is 3. The topological polar surface area (TPSA) is 58.1 Å². The van der Waals surface area contributed by atoms with E-state index in [1.807, 2.05) is 24.3 Å². The minimum atomic E-state index is -0.298. The Hall–Kier alpha value is -3.66. The van der Waals surface area contributed by atoms with Crippen LogP contribution in [0.5, 0.6) is 0 Å². The largest absolute Gasteiger partial charge is 0.398 e. The number of allylic oxidation sites excluding steroid dienone is 1. The van der Waals surface area contributed by atoms with Crippen LogP contribution < -0.4 is 11.1 Å². The van der Waals surface area contributed by atoms with Gasteiger partial charge in [0.05, 0.1) is 5.70 Å². The molecule has 1 heterocycles. The summed E-state index contributed by atoms with van der Waals surface area (Å²) in [5.41, 5.74) is 12.1. The first-order chi connectivity index (χ1) is 17.5. The van der Waals surface area contributed by atoms with Crippen molar-refractivity contribution in [1.82, 2.24) is 5.32 Å². The molecule has 0 aromatic heterocycles. The zero-order valence-electron chi connectivity index (χ0n) is 21.5. The number of nitrogens with zero attached hydrogens (tertiary/aromatic N) is 1. The van der Waals surface area contributed by atoms with Crippen LogP contribution in [0.4, 0.5) is 5.69 Å². The number of nitrogens with one attached hydrogen (secondary N) is 1. The molecule has 0 spiro atoms. The summed E-state index contributed by atoms with van der Waals surface area (Å²) in [6.45, 7) is 6.18. The number of carbonyl (C=O) groups is 1. The lowest BCUT2D eigenvalue weighted by Crippen LogP contribution is -2.45. The number of Topliss-reactive ketones (excluding diaryl/α,β-unsaturated/α-hetero) is 1. The highest BCUT2D eigenvalue weighted by atomic mass is 16.1. The van der Waals surface area contributed by atoms with E-state index in [1.54, 1.807) is 6.07 Å². The van der Waals surface area contributed by atoms with Gasteiger partial charge in [0.2, 0.25) is 0 Å². The average Bonchev–Trinajstić information content (AvgIpc) is 3.17. The van der Waals surface area contributed by atoms with E-state index in [4.69, 9.17) is 5.73 Å². The van der Waals surface area contributed by atoms with Crippen molar-refractivity contribution in [3.8, 4) is 0 Å². The van der Waals surface area contributed by atoms with E-state index in [2.05, 4.69) is 84.4 Å². The highest BCUT2D eigenvalue weighted by Crippen LogP contribution is 2.33. The molecule has 3 N–H and O–H groups in total. The van der Waals surface area contributed by atoms with Crippen LogP contribution in [0.3, 0.4) is 0 Å². The molecule has 4 rings (SSSR count). The Morgan fingerprint density at radius 2 is 1.53 bits per heavy atom. The number of hydrogen-bond donors (Lipinski definition) is 2. The highest BCUT2D eigenvalue weighted by molar-refractivity contribution is 6.00. The van der Waals surface area contributed by atoms with Gasteiger partial charge in [-0.2, -0.15) is 0 Å². The van der Waals surface area contributed by atoms with E-state index in [-0.39, 0.29) is 11.3 Å². The normalized spacial score (nSPS) is 17.2. The lowest BCUT2D eigenvalue weighted by atomic mass is 9.89. The summed E-state index contributed by atoms with van der Waals surface area (Å²) < 4.78 is 2.54. The fourth-order valence-corrected chi connectivity index (χ4v) is 5.15. The van der Waals surface area contributed by atoms with Crippen LogP contribution >= 0.6 is 0 Å². The Labute approximate surface area is 215 Å². The van der Waals surface area contributed by atoms with Crippen LogP contribution in [0.2, 0.25) is 0 Å². The molecule has 1 atom stereocenters. The Kier molecular flexibility index (Phi) is 8.37. The summed E-state index contributed by atoms with van der Waals surface area (Å²) in [5.74, 6) is 0.101. The summed E-state index contributed by atoms with van der Waals surface area (Å²) >= 11 is 0. The zero-order chi connectivity index (χ0) is 25.4. The van der Waals surface area contributed by atoms with Gasteiger partial charge in [0.1, 0.15) is 6.54 Å². The van der Waals surface area contributed by atoms with Crippen molar-refractivity contribution in [1.29, 1.82) is 0 Å². The smallest absolute Gasteiger partial charge is 0.199 e. The SMILES string of the molecule is CCCC1=[N+](CCc2ccccc2)C(C)(CCC(=O)c2ccccc2N)C(NCc2ccccc2)=C1. The molecule has 3 aromatic carbocycles. The van der Waals surface area contributed by atoms with Gasteiger partial charge in [0, 0.05) is 56.5 Å². The van der Waals surface area contributed by atoms with E-state index < -0.39 is 0 Å². The molecule has 0 bridgehead atoms. The van der Waals surface area contributed by atoms with E-state index in [1.165, 1.54) is 22.5 Å². The number of nitrogens with two attached hydrogens (primary N) is 1. The number of carbonyl (C=O) groups excluding carboxylic acids is 1. The molecule has 186 valence electrons. The van der Waals surface area contributed by atoms with Gasteiger partial charge in [-0.25, -0.2) is 4.58 Å². The van der Waals surface area contributed by atoms with Crippen LogP contribution in [-0.2, 0) is 13.0 Å². The third kappa shape index (κ3) is 5.93. The molecular weight excluding hydrogens is 442 g/mol. The predicted molar refractivity (Wildman–Crippen MR) is 149 cm³/mol. The molecule has 0 aliphatic carbocycles. The van der Waals surface area contributed by atoms with Crippen LogP contribution in [0.15, 0.2) is 96.7 Å². The van der Waals surface area contributed by atoms with Gasteiger partial charge in [-0.15, -0.1) is 0 Å². The number of hydrogen-bond acceptors (Lipinski definition) is 3. The van der Waals surface area contributed by atoms with Gasteiger partial charge >= 0.3 is 0 Å². The summed E-state index contributed by atoms with van der Waals surface area (Å²) in [4.78, 5) is 13.2. The molecule has 1 aliphatic rings. The molecule has 1 aliphatic heterocycles. The van der Waals surface area contributed by atoms with Crippen molar-refractivity contribution >= 4 is 17.2 Å². The van der Waals surface area contributed by atoms with Gasteiger partial charge in [-0.3, -0.25) is 4.79 Å². The lowest BCUT2D eigenvalue weighted by Gasteiger charge is -2.28. The van der Waals surface area contributed by atoms with Crippen LogP contribution in [0, 0.1) is 0 Å². The van der Waals surface area contributed by atoms with Crippen molar-refractivity contribution in [3.05, 3.63) is 113 Å². The zero-order valence-corrected chi connectivity index (χ0v) is 21.5. The molecule has 3 aromatic rings. The summed E-state index contributed by atoms with van der Waals surface area (Å²) in [6.07, 6.45) is 6.55. The third-order valence-corrected chi connectivity index (χ3v) is 7.23. The van der Waals surface area contributed by atoms with Gasteiger partial charge < -0.3 is 11.1 Å². The minimum Gasteiger partial charge on any atom is -0.398 e. The Balaban J connectivity index is 1.59. The van der Waals surface area contributed by atoms with E-state index in [9.17, 15) is 4.79 Å². The standard InChI is InChI=1S/C32H37N3O/c1-3-12-27-23-31(34-24-26-15-8-5-9-16-26)32(2,35(27)22-20-25-13-6-4-7-14-25)21-19-30(36)28-17-10-11-18-29(28)33/h4-11,13-18,23H,3,12,19-22,24H2,1-2H3,(H2,33,36)/p+1. The van der Waals surface area contributed by atoms with E-state index in [0.29, 0.717) is 17.7 Å². The van der Waals surface area contributed by atoms with Crippen molar-refractivity contribution in [2.24, 2.45) is 0 Å². The van der Waals surface area contributed by atoms with Gasteiger partial charge in [0.15, 0.2) is 17.0 Å². The van der Waals surface area contributed by atoms with Gasteiger partial charge in [0.25, 0.3) is 0 Å².